The van der Waals surface area contributed by atoms with E-state index in [4.69, 9.17) is 0 Å². The lowest BCUT2D eigenvalue weighted by molar-refractivity contribution is -0.146. The molecule has 2 rings (SSSR count). The number of anilines is 1. The fourth-order valence-electron chi connectivity index (χ4n) is 2.76. The molecule has 0 bridgehead atoms. The summed E-state index contributed by atoms with van der Waals surface area (Å²) in [6.45, 7) is 7.50. The first-order valence-electron chi connectivity index (χ1n) is 6.78. The van der Waals surface area contributed by atoms with Gasteiger partial charge in [0, 0.05) is 0 Å². The molecule has 1 aromatic carbocycles. The van der Waals surface area contributed by atoms with Crippen LogP contribution in [-0.2, 0) is 4.79 Å². The van der Waals surface area contributed by atoms with Crippen LogP contribution < -0.4 is 5.32 Å². The van der Waals surface area contributed by atoms with Crippen molar-refractivity contribution in [2.24, 2.45) is 10.9 Å². The Morgan fingerprint density at radius 1 is 1.33 bits per heavy atom. The number of hydrogen-bond donors (Lipinski definition) is 3. The molecule has 1 aliphatic heterocycles. The summed E-state index contributed by atoms with van der Waals surface area (Å²) in [5.41, 5.74) is -0.672. The Labute approximate surface area is 128 Å². The van der Waals surface area contributed by atoms with E-state index in [9.17, 15) is 15.0 Å². The van der Waals surface area contributed by atoms with Crippen LogP contribution in [0, 0.1) is 5.92 Å². The van der Waals surface area contributed by atoms with Crippen LogP contribution >= 0.6 is 11.8 Å². The lowest BCUT2D eigenvalue weighted by atomic mass is 9.77. The van der Waals surface area contributed by atoms with E-state index in [2.05, 4.69) is 10.3 Å². The molecular weight excluding hydrogens is 288 g/mol. The normalized spacial score (nSPS) is 24.0. The summed E-state index contributed by atoms with van der Waals surface area (Å²) in [6, 6.07) is 6.81. The molecule has 6 heteroatoms. The van der Waals surface area contributed by atoms with Crippen molar-refractivity contribution in [2.45, 2.75) is 38.0 Å². The van der Waals surface area contributed by atoms with E-state index in [1.54, 1.807) is 24.3 Å². The molecule has 0 amide bonds. The summed E-state index contributed by atoms with van der Waals surface area (Å²) in [5, 5.41) is 23.1. The maximum atomic E-state index is 11.8. The molecule has 0 aliphatic carbocycles. The minimum absolute atomic E-state index is 0.107. The number of carboxylic acids is 1. The quantitative estimate of drug-likeness (QED) is 0.747. The SMILES string of the molecule is CC(C)[C@]1(C(=O)O)N=C(Nc2ccccc2O)SC1(C)C. The molecule has 1 aromatic rings. The van der Waals surface area contributed by atoms with Gasteiger partial charge in [-0.3, -0.25) is 0 Å². The molecule has 0 fully saturated rings. The van der Waals surface area contributed by atoms with Crippen molar-refractivity contribution in [3.8, 4) is 5.75 Å². The van der Waals surface area contributed by atoms with Gasteiger partial charge in [0.1, 0.15) is 5.75 Å². The number of rotatable bonds is 3. The number of aliphatic imine (C=N–C) groups is 1. The summed E-state index contributed by atoms with van der Waals surface area (Å²) < 4.78 is -0.584. The minimum Gasteiger partial charge on any atom is -0.506 e. The summed E-state index contributed by atoms with van der Waals surface area (Å²) in [6.07, 6.45) is 0. The third kappa shape index (κ3) is 2.48. The average Bonchev–Trinajstić information content (AvgIpc) is 2.64. The van der Waals surface area contributed by atoms with Crippen molar-refractivity contribution in [3.05, 3.63) is 24.3 Å². The third-order valence-electron chi connectivity index (χ3n) is 3.85. The molecule has 3 N–H and O–H groups in total. The van der Waals surface area contributed by atoms with E-state index in [0.717, 1.165) is 0 Å². The standard InChI is InChI=1S/C15H20N2O3S/c1-9(2)15(12(19)20)14(3,4)21-13(17-15)16-10-7-5-6-8-11(10)18/h5-9,18H,1-4H3,(H,16,17)(H,19,20)/t15-/m1/s1. The molecule has 0 unspecified atom stereocenters. The highest BCUT2D eigenvalue weighted by atomic mass is 32.2. The van der Waals surface area contributed by atoms with Crippen molar-refractivity contribution in [2.75, 3.05) is 5.32 Å². The first kappa shape index (κ1) is 15.7. The Hall–Kier alpha value is -1.69. The van der Waals surface area contributed by atoms with E-state index >= 15 is 0 Å². The maximum absolute atomic E-state index is 11.8. The van der Waals surface area contributed by atoms with Gasteiger partial charge in [0.25, 0.3) is 0 Å². The first-order chi connectivity index (χ1) is 9.70. The number of thioether (sulfide) groups is 1. The van der Waals surface area contributed by atoms with Crippen LogP contribution in [0.1, 0.15) is 27.7 Å². The van der Waals surface area contributed by atoms with Crippen molar-refractivity contribution in [1.29, 1.82) is 0 Å². The highest BCUT2D eigenvalue weighted by Crippen LogP contribution is 2.49. The fourth-order valence-corrected chi connectivity index (χ4v) is 4.12. The van der Waals surface area contributed by atoms with E-state index in [-0.39, 0.29) is 11.7 Å². The number of para-hydroxylation sites is 2. The molecule has 1 atom stereocenters. The predicted molar refractivity (Wildman–Crippen MR) is 86.0 cm³/mol. The van der Waals surface area contributed by atoms with Crippen LogP contribution in [0.3, 0.4) is 0 Å². The number of carbonyl (C=O) groups is 1. The van der Waals surface area contributed by atoms with Gasteiger partial charge in [0.2, 0.25) is 0 Å². The number of hydrogen-bond acceptors (Lipinski definition) is 5. The zero-order valence-corrected chi connectivity index (χ0v) is 13.4. The zero-order chi connectivity index (χ0) is 15.8. The number of amidine groups is 1. The van der Waals surface area contributed by atoms with Gasteiger partial charge in [-0.25, -0.2) is 9.79 Å². The molecule has 114 valence electrons. The lowest BCUT2D eigenvalue weighted by Gasteiger charge is -2.37. The van der Waals surface area contributed by atoms with Gasteiger partial charge in [0.15, 0.2) is 10.7 Å². The number of nitrogens with one attached hydrogen (secondary N) is 1. The van der Waals surface area contributed by atoms with Crippen LogP contribution in [0.15, 0.2) is 29.3 Å². The number of aromatic hydroxyl groups is 1. The topological polar surface area (TPSA) is 81.9 Å². The minimum atomic E-state index is -1.19. The third-order valence-corrected chi connectivity index (χ3v) is 5.06. The number of phenolic OH excluding ortho intramolecular Hbond substituents is 1. The van der Waals surface area contributed by atoms with Gasteiger partial charge in [-0.1, -0.05) is 37.7 Å². The monoisotopic (exact) mass is 308 g/mol. The molecule has 0 spiro atoms. The van der Waals surface area contributed by atoms with Gasteiger partial charge in [0.05, 0.1) is 10.4 Å². The second-order valence-corrected chi connectivity index (χ2v) is 7.51. The average molecular weight is 308 g/mol. The molecule has 5 nitrogen and oxygen atoms in total. The summed E-state index contributed by atoms with van der Waals surface area (Å²) in [4.78, 5) is 16.3. The smallest absolute Gasteiger partial charge is 0.333 e. The van der Waals surface area contributed by atoms with Crippen molar-refractivity contribution in [1.82, 2.24) is 0 Å². The maximum Gasteiger partial charge on any atom is 0.333 e. The molecule has 0 saturated heterocycles. The van der Waals surface area contributed by atoms with Gasteiger partial charge >= 0.3 is 5.97 Å². The molecule has 0 aromatic heterocycles. The van der Waals surface area contributed by atoms with Crippen LogP contribution in [-0.4, -0.2) is 31.6 Å². The predicted octanol–water partition coefficient (Wildman–Crippen LogP) is 3.16. The van der Waals surface area contributed by atoms with Crippen LogP contribution in [0.2, 0.25) is 0 Å². The summed E-state index contributed by atoms with van der Waals surface area (Å²) in [5.74, 6) is -0.971. The summed E-state index contributed by atoms with van der Waals surface area (Å²) >= 11 is 1.38. The second kappa shape index (κ2) is 5.26. The highest BCUT2D eigenvalue weighted by Gasteiger charge is 2.59. The van der Waals surface area contributed by atoms with Gasteiger partial charge in [-0.05, 0) is 31.9 Å². The Morgan fingerprint density at radius 2 is 1.95 bits per heavy atom. The molecule has 21 heavy (non-hydrogen) atoms. The van der Waals surface area contributed by atoms with Crippen molar-refractivity contribution >= 4 is 28.6 Å². The second-order valence-electron chi connectivity index (χ2n) is 5.90. The molecule has 1 heterocycles. The van der Waals surface area contributed by atoms with Crippen LogP contribution in [0.25, 0.3) is 0 Å². The van der Waals surface area contributed by atoms with E-state index in [0.29, 0.717) is 10.9 Å². The van der Waals surface area contributed by atoms with Crippen molar-refractivity contribution < 1.29 is 15.0 Å². The largest absolute Gasteiger partial charge is 0.506 e. The molecule has 0 radical (unpaired) electrons. The van der Waals surface area contributed by atoms with E-state index in [1.807, 2.05) is 27.7 Å². The number of nitrogens with zero attached hydrogens (tertiary/aromatic N) is 1. The van der Waals surface area contributed by atoms with Gasteiger partial charge < -0.3 is 15.5 Å². The number of carboxylic acid groups (broad SMARTS) is 1. The van der Waals surface area contributed by atoms with Crippen LogP contribution in [0.5, 0.6) is 5.75 Å². The Balaban J connectivity index is 2.40. The summed E-state index contributed by atoms with van der Waals surface area (Å²) in [7, 11) is 0. The number of phenols is 1. The van der Waals surface area contributed by atoms with Gasteiger partial charge in [-0.2, -0.15) is 0 Å². The van der Waals surface area contributed by atoms with Gasteiger partial charge in [-0.15, -0.1) is 0 Å². The Morgan fingerprint density at radius 3 is 2.43 bits per heavy atom. The number of aliphatic carboxylic acids is 1. The highest BCUT2D eigenvalue weighted by molar-refractivity contribution is 8.15. The van der Waals surface area contributed by atoms with Crippen molar-refractivity contribution in [3.63, 3.8) is 0 Å². The molecular formula is C15H20N2O3S. The Kier molecular flexibility index (Phi) is 3.93. The van der Waals surface area contributed by atoms with E-state index in [1.165, 1.54) is 11.8 Å². The molecule has 0 saturated carbocycles. The van der Waals surface area contributed by atoms with E-state index < -0.39 is 16.3 Å². The zero-order valence-electron chi connectivity index (χ0n) is 12.5. The number of benzene rings is 1. The lowest BCUT2D eigenvalue weighted by Crippen LogP contribution is -2.54. The molecule has 1 aliphatic rings. The van der Waals surface area contributed by atoms with Crippen LogP contribution in [0.4, 0.5) is 5.69 Å². The Bertz CT molecular complexity index is 598. The fraction of sp³-hybridized carbons (Fsp3) is 0.467. The first-order valence-corrected chi connectivity index (χ1v) is 7.59.